The van der Waals surface area contributed by atoms with Crippen LogP contribution in [0.5, 0.6) is 0 Å². The van der Waals surface area contributed by atoms with Crippen molar-refractivity contribution in [2.24, 2.45) is 11.1 Å². The molecule has 3 N–H and O–H groups in total. The first-order chi connectivity index (χ1) is 11.8. The quantitative estimate of drug-likeness (QED) is 0.830. The van der Waals surface area contributed by atoms with Crippen LogP contribution in [-0.4, -0.2) is 20.9 Å². The summed E-state index contributed by atoms with van der Waals surface area (Å²) >= 11 is 0. The van der Waals surface area contributed by atoms with Gasteiger partial charge in [0.25, 0.3) is 11.4 Å². The molecule has 7 nitrogen and oxygen atoms in total. The first-order valence-electron chi connectivity index (χ1n) is 8.70. The Bertz CT molecular complexity index is 909. The van der Waals surface area contributed by atoms with Gasteiger partial charge in [-0.3, -0.25) is 9.59 Å². The zero-order valence-electron chi connectivity index (χ0n) is 14.9. The fourth-order valence-electron chi connectivity index (χ4n) is 3.95. The lowest BCUT2D eigenvalue weighted by Gasteiger charge is -2.29. The van der Waals surface area contributed by atoms with Crippen molar-refractivity contribution >= 4 is 18.2 Å². The number of hydrogen-bond acceptors (Lipinski definition) is 6. The van der Waals surface area contributed by atoms with Crippen molar-refractivity contribution in [3.05, 3.63) is 33.5 Å². The van der Waals surface area contributed by atoms with Crippen molar-refractivity contribution in [3.63, 3.8) is 0 Å². The Morgan fingerprint density at radius 1 is 1.15 bits per heavy atom. The Balaban J connectivity index is 0.00000196. The second-order valence-electron chi connectivity index (χ2n) is 8.13. The monoisotopic (exact) mass is 378 g/mol. The van der Waals surface area contributed by atoms with E-state index in [1.807, 2.05) is 13.8 Å². The third-order valence-corrected chi connectivity index (χ3v) is 5.32. The first kappa shape index (κ1) is 18.8. The molecule has 0 radical (unpaired) electrons. The number of fused-ring (bicyclic) bond motifs is 1. The second-order valence-corrected chi connectivity index (χ2v) is 8.13. The molecule has 4 rings (SSSR count). The van der Waals surface area contributed by atoms with Gasteiger partial charge in [-0.2, -0.15) is 4.98 Å². The van der Waals surface area contributed by atoms with E-state index in [-0.39, 0.29) is 40.6 Å². The van der Waals surface area contributed by atoms with Crippen LogP contribution in [0.1, 0.15) is 67.8 Å². The highest BCUT2D eigenvalue weighted by molar-refractivity contribution is 5.99. The maximum Gasteiger partial charge on any atom is 0.263 e. The number of aromatic amines is 1. The summed E-state index contributed by atoms with van der Waals surface area (Å²) in [5, 5.41) is 3.99. The molecule has 1 fully saturated rings. The molecule has 2 aromatic rings. The normalized spacial score (nSPS) is 20.5. The molecule has 0 amide bonds. The van der Waals surface area contributed by atoms with Crippen LogP contribution in [-0.2, 0) is 12.0 Å². The van der Waals surface area contributed by atoms with Gasteiger partial charge in [0.15, 0.2) is 11.6 Å². The van der Waals surface area contributed by atoms with Gasteiger partial charge in [0.1, 0.15) is 5.56 Å². The molecule has 0 aliphatic heterocycles. The number of carbonyl (C=O) groups excluding carboxylic acids is 1. The van der Waals surface area contributed by atoms with E-state index < -0.39 is 5.54 Å². The fraction of sp³-hybridized carbons (Fsp3) is 0.556. The molecular formula is C18H23ClN4O3. The molecule has 0 aromatic carbocycles. The van der Waals surface area contributed by atoms with Crippen LogP contribution in [0.15, 0.2) is 15.4 Å². The lowest BCUT2D eigenvalue weighted by Crippen LogP contribution is -2.34. The average molecular weight is 379 g/mol. The summed E-state index contributed by atoms with van der Waals surface area (Å²) in [7, 11) is 0. The number of nitrogens with zero attached hydrogens (tertiary/aromatic N) is 2. The van der Waals surface area contributed by atoms with Crippen molar-refractivity contribution < 1.29 is 9.32 Å². The maximum absolute atomic E-state index is 12.5. The van der Waals surface area contributed by atoms with Crippen LogP contribution in [0.4, 0.5) is 0 Å². The Morgan fingerprint density at radius 3 is 2.54 bits per heavy atom. The summed E-state index contributed by atoms with van der Waals surface area (Å²) in [6.45, 7) is 4.04. The number of pyridine rings is 1. The average Bonchev–Trinajstić information content (AvgIpc) is 3.15. The van der Waals surface area contributed by atoms with Crippen molar-refractivity contribution in [2.75, 3.05) is 0 Å². The summed E-state index contributed by atoms with van der Waals surface area (Å²) in [6, 6.07) is 1.58. The molecule has 1 saturated carbocycles. The Hall–Kier alpha value is -1.99. The van der Waals surface area contributed by atoms with E-state index in [0.717, 1.165) is 25.7 Å². The smallest absolute Gasteiger partial charge is 0.263 e. The molecule has 140 valence electrons. The van der Waals surface area contributed by atoms with E-state index in [9.17, 15) is 9.59 Å². The minimum absolute atomic E-state index is 0. The molecule has 0 unspecified atom stereocenters. The molecule has 2 heterocycles. The van der Waals surface area contributed by atoms with Gasteiger partial charge in [0, 0.05) is 17.7 Å². The molecule has 8 heteroatoms. The van der Waals surface area contributed by atoms with E-state index in [1.54, 1.807) is 6.07 Å². The van der Waals surface area contributed by atoms with E-state index in [2.05, 4.69) is 15.1 Å². The maximum atomic E-state index is 12.5. The number of nitrogens with two attached hydrogens (primary N) is 1. The number of hydrogen-bond donors (Lipinski definition) is 2. The highest BCUT2D eigenvalue weighted by Crippen LogP contribution is 2.36. The predicted molar refractivity (Wildman–Crippen MR) is 98.4 cm³/mol. The number of halogens is 1. The van der Waals surface area contributed by atoms with Crippen LogP contribution in [0.2, 0.25) is 0 Å². The highest BCUT2D eigenvalue weighted by atomic mass is 35.5. The van der Waals surface area contributed by atoms with Gasteiger partial charge in [-0.1, -0.05) is 31.8 Å². The number of ketones is 1. The van der Waals surface area contributed by atoms with Crippen molar-refractivity contribution in [1.29, 1.82) is 0 Å². The van der Waals surface area contributed by atoms with Crippen molar-refractivity contribution in [2.45, 2.75) is 57.9 Å². The molecule has 26 heavy (non-hydrogen) atoms. The van der Waals surface area contributed by atoms with Gasteiger partial charge >= 0.3 is 0 Å². The molecule has 2 aliphatic rings. The number of carbonyl (C=O) groups is 1. The van der Waals surface area contributed by atoms with Crippen LogP contribution in [0.3, 0.4) is 0 Å². The van der Waals surface area contributed by atoms with Crippen LogP contribution < -0.4 is 11.3 Å². The van der Waals surface area contributed by atoms with E-state index in [4.69, 9.17) is 10.3 Å². The Kier molecular flexibility index (Phi) is 4.56. The molecule has 0 saturated heterocycles. The lowest BCUT2D eigenvalue weighted by molar-refractivity contribution is 0.0910. The van der Waals surface area contributed by atoms with Crippen molar-refractivity contribution in [3.8, 4) is 11.5 Å². The summed E-state index contributed by atoms with van der Waals surface area (Å²) in [5.74, 6) is 0.576. The van der Waals surface area contributed by atoms with Gasteiger partial charge in [0.2, 0.25) is 0 Å². The van der Waals surface area contributed by atoms with Crippen LogP contribution in [0.25, 0.3) is 11.5 Å². The third kappa shape index (κ3) is 3.10. The lowest BCUT2D eigenvalue weighted by atomic mass is 9.75. The SMILES string of the molecule is CC1(C)CC(=O)c2cc(-c3nc(C4(N)CCCC4)no3)c(=O)[nH]c2C1.Cl. The fourth-order valence-corrected chi connectivity index (χ4v) is 3.95. The molecule has 0 spiro atoms. The number of H-pyrrole nitrogens is 1. The third-order valence-electron chi connectivity index (χ3n) is 5.32. The van der Waals surface area contributed by atoms with Crippen LogP contribution >= 0.6 is 12.4 Å². The molecular weight excluding hydrogens is 356 g/mol. The summed E-state index contributed by atoms with van der Waals surface area (Å²) in [4.78, 5) is 32.1. The zero-order valence-corrected chi connectivity index (χ0v) is 15.7. The molecule has 2 aliphatic carbocycles. The number of rotatable bonds is 2. The van der Waals surface area contributed by atoms with E-state index in [1.165, 1.54) is 0 Å². The molecule has 2 aromatic heterocycles. The van der Waals surface area contributed by atoms with Gasteiger partial charge < -0.3 is 15.2 Å². The van der Waals surface area contributed by atoms with Gasteiger partial charge in [-0.15, -0.1) is 12.4 Å². The highest BCUT2D eigenvalue weighted by Gasteiger charge is 2.37. The zero-order chi connectivity index (χ0) is 17.8. The predicted octanol–water partition coefficient (Wildman–Crippen LogP) is 2.73. The largest absolute Gasteiger partial charge is 0.334 e. The summed E-state index contributed by atoms with van der Waals surface area (Å²) in [5.41, 5.74) is 6.74. The standard InChI is InChI=1S/C18H22N4O3.ClH/c1-17(2)8-12-10(13(23)9-17)7-11(14(24)20-12)15-21-16(22-25-15)18(19)5-3-4-6-18;/h7H,3-6,8-9,19H2,1-2H3,(H,20,24);1H. The first-order valence-corrected chi connectivity index (χ1v) is 8.70. The number of aromatic nitrogens is 3. The Morgan fingerprint density at radius 2 is 1.85 bits per heavy atom. The Labute approximate surface area is 157 Å². The number of nitrogens with one attached hydrogen (secondary N) is 1. The molecule has 0 atom stereocenters. The second kappa shape index (κ2) is 6.32. The topological polar surface area (TPSA) is 115 Å². The number of Topliss-reactive ketones (excluding diaryl/α,β-unsaturated/α-hetero) is 1. The minimum Gasteiger partial charge on any atom is -0.334 e. The summed E-state index contributed by atoms with van der Waals surface area (Å²) in [6.07, 6.45) is 4.78. The van der Waals surface area contributed by atoms with E-state index >= 15 is 0 Å². The van der Waals surface area contributed by atoms with Gasteiger partial charge in [-0.25, -0.2) is 0 Å². The minimum atomic E-state index is -0.581. The van der Waals surface area contributed by atoms with Crippen LogP contribution in [0, 0.1) is 5.41 Å². The molecule has 0 bridgehead atoms. The van der Waals surface area contributed by atoms with E-state index in [0.29, 0.717) is 29.9 Å². The summed E-state index contributed by atoms with van der Waals surface area (Å²) < 4.78 is 5.30. The van der Waals surface area contributed by atoms with Gasteiger partial charge in [-0.05, 0) is 30.7 Å². The van der Waals surface area contributed by atoms with Crippen molar-refractivity contribution in [1.82, 2.24) is 15.1 Å². The van der Waals surface area contributed by atoms with Gasteiger partial charge in [0.05, 0.1) is 5.54 Å².